The minimum atomic E-state index is 0.476. The smallest absolute Gasteiger partial charge is 0.0294 e. The average Bonchev–Trinajstić information content (AvgIpc) is 2.51. The molecule has 1 aliphatic carbocycles. The Bertz CT molecular complexity index is 347. The molecule has 118 valence electrons. The number of nitrogens with one attached hydrogen (secondary N) is 1. The predicted molar refractivity (Wildman–Crippen MR) is 92.6 cm³/mol. The summed E-state index contributed by atoms with van der Waals surface area (Å²) in [7, 11) is 0. The first kappa shape index (κ1) is 16.5. The summed E-state index contributed by atoms with van der Waals surface area (Å²) in [5, 5.41) is 3.89. The molecular weight excluding hydrogens is 254 g/mol. The minimum absolute atomic E-state index is 0.476. The molecule has 1 aromatic rings. The molecule has 0 spiro atoms. The van der Waals surface area contributed by atoms with Crippen LogP contribution >= 0.6 is 0 Å². The van der Waals surface area contributed by atoms with Crippen LogP contribution in [0.4, 0.5) is 0 Å². The summed E-state index contributed by atoms with van der Waals surface area (Å²) in [6, 6.07) is 12.1. The van der Waals surface area contributed by atoms with Gasteiger partial charge >= 0.3 is 0 Å². The maximum absolute atomic E-state index is 3.89. The van der Waals surface area contributed by atoms with Crippen molar-refractivity contribution in [1.29, 1.82) is 0 Å². The molecule has 0 radical (unpaired) electrons. The molecular formula is C20H33N. The molecule has 0 heterocycles. The highest BCUT2D eigenvalue weighted by molar-refractivity contribution is 5.18. The van der Waals surface area contributed by atoms with E-state index in [1.54, 1.807) is 0 Å². The summed E-state index contributed by atoms with van der Waals surface area (Å²) in [4.78, 5) is 0. The first-order valence-electron chi connectivity index (χ1n) is 9.17. The van der Waals surface area contributed by atoms with E-state index in [-0.39, 0.29) is 0 Å². The van der Waals surface area contributed by atoms with Gasteiger partial charge in [-0.05, 0) is 25.3 Å². The number of rotatable bonds is 3. The Kier molecular flexibility index (Phi) is 7.88. The zero-order valence-electron chi connectivity index (χ0n) is 13.8. The molecule has 1 aromatic carbocycles. The van der Waals surface area contributed by atoms with Gasteiger partial charge in [0.2, 0.25) is 0 Å². The van der Waals surface area contributed by atoms with Crippen LogP contribution in [0.1, 0.15) is 89.2 Å². The van der Waals surface area contributed by atoms with Crippen molar-refractivity contribution in [1.82, 2.24) is 5.32 Å². The summed E-state index contributed by atoms with van der Waals surface area (Å²) in [5.41, 5.74) is 1.42. The van der Waals surface area contributed by atoms with Gasteiger partial charge in [-0.2, -0.15) is 0 Å². The topological polar surface area (TPSA) is 12.0 Å². The van der Waals surface area contributed by atoms with Crippen molar-refractivity contribution in [3.63, 3.8) is 0 Å². The van der Waals surface area contributed by atoms with E-state index in [4.69, 9.17) is 0 Å². The normalized spacial score (nSPS) is 21.2. The summed E-state index contributed by atoms with van der Waals surface area (Å²) in [6.07, 6.45) is 15.6. The van der Waals surface area contributed by atoms with E-state index in [9.17, 15) is 0 Å². The van der Waals surface area contributed by atoms with E-state index in [1.807, 2.05) is 0 Å². The third kappa shape index (κ3) is 6.65. The second-order valence-corrected chi connectivity index (χ2v) is 6.76. The Morgan fingerprint density at radius 3 is 1.76 bits per heavy atom. The van der Waals surface area contributed by atoms with Crippen LogP contribution in [-0.2, 0) is 0 Å². The molecule has 0 unspecified atom stereocenters. The summed E-state index contributed by atoms with van der Waals surface area (Å²) >= 11 is 0. The monoisotopic (exact) mass is 287 g/mol. The van der Waals surface area contributed by atoms with E-state index in [1.165, 1.54) is 76.2 Å². The van der Waals surface area contributed by atoms with Gasteiger partial charge in [0, 0.05) is 12.1 Å². The Morgan fingerprint density at radius 2 is 1.24 bits per heavy atom. The van der Waals surface area contributed by atoms with Crippen LogP contribution in [-0.4, -0.2) is 6.04 Å². The van der Waals surface area contributed by atoms with Gasteiger partial charge in [-0.1, -0.05) is 88.1 Å². The molecule has 0 aliphatic heterocycles. The lowest BCUT2D eigenvalue weighted by molar-refractivity contribution is 0.375. The Morgan fingerprint density at radius 1 is 0.762 bits per heavy atom. The molecule has 1 fully saturated rings. The Hall–Kier alpha value is -0.820. The standard InChI is InChI=1S/C20H33N/c1-18(19-14-10-9-11-15-19)21-20-16-12-7-5-3-2-4-6-8-13-17-20/h9-11,14-15,18,20-21H,2-8,12-13,16-17H2,1H3/t18-/m1/s1. The predicted octanol–water partition coefficient (Wildman–Crippen LogP) is 6.01. The summed E-state index contributed by atoms with van der Waals surface area (Å²) in [5.74, 6) is 0. The fraction of sp³-hybridized carbons (Fsp3) is 0.700. The average molecular weight is 287 g/mol. The molecule has 1 nitrogen and oxygen atoms in total. The van der Waals surface area contributed by atoms with Gasteiger partial charge in [-0.15, -0.1) is 0 Å². The first-order chi connectivity index (χ1) is 10.4. The lowest BCUT2D eigenvalue weighted by atomic mass is 9.97. The lowest BCUT2D eigenvalue weighted by Crippen LogP contribution is -2.31. The largest absolute Gasteiger partial charge is 0.307 e. The van der Waals surface area contributed by atoms with Gasteiger partial charge in [-0.25, -0.2) is 0 Å². The molecule has 21 heavy (non-hydrogen) atoms. The van der Waals surface area contributed by atoms with Crippen molar-refractivity contribution < 1.29 is 0 Å². The zero-order chi connectivity index (χ0) is 14.8. The van der Waals surface area contributed by atoms with Crippen LogP contribution in [0.2, 0.25) is 0 Å². The van der Waals surface area contributed by atoms with Gasteiger partial charge in [-0.3, -0.25) is 0 Å². The van der Waals surface area contributed by atoms with Crippen LogP contribution < -0.4 is 5.32 Å². The van der Waals surface area contributed by atoms with Crippen molar-refractivity contribution >= 4 is 0 Å². The molecule has 0 aromatic heterocycles. The van der Waals surface area contributed by atoms with Crippen molar-refractivity contribution in [2.75, 3.05) is 0 Å². The van der Waals surface area contributed by atoms with Gasteiger partial charge < -0.3 is 5.32 Å². The molecule has 0 amide bonds. The van der Waals surface area contributed by atoms with E-state index >= 15 is 0 Å². The summed E-state index contributed by atoms with van der Waals surface area (Å²) in [6.45, 7) is 2.31. The van der Waals surface area contributed by atoms with E-state index < -0.39 is 0 Å². The quantitative estimate of drug-likeness (QED) is 0.717. The van der Waals surface area contributed by atoms with E-state index in [2.05, 4.69) is 42.6 Å². The maximum atomic E-state index is 3.89. The SMILES string of the molecule is C[C@@H](NC1CCCCCCCCCCC1)c1ccccc1. The van der Waals surface area contributed by atoms with E-state index in [0.717, 1.165) is 0 Å². The fourth-order valence-electron chi connectivity index (χ4n) is 3.52. The summed E-state index contributed by atoms with van der Waals surface area (Å²) < 4.78 is 0. The minimum Gasteiger partial charge on any atom is -0.307 e. The van der Waals surface area contributed by atoms with Crippen LogP contribution in [0.5, 0.6) is 0 Å². The highest BCUT2D eigenvalue weighted by Crippen LogP contribution is 2.20. The molecule has 1 aliphatic rings. The third-order valence-corrected chi connectivity index (χ3v) is 4.89. The number of hydrogen-bond acceptors (Lipinski definition) is 1. The second-order valence-electron chi connectivity index (χ2n) is 6.76. The number of hydrogen-bond donors (Lipinski definition) is 1. The lowest BCUT2D eigenvalue weighted by Gasteiger charge is -2.24. The van der Waals surface area contributed by atoms with Crippen molar-refractivity contribution in [2.24, 2.45) is 0 Å². The maximum Gasteiger partial charge on any atom is 0.0294 e. The van der Waals surface area contributed by atoms with Crippen molar-refractivity contribution in [2.45, 2.75) is 89.6 Å². The van der Waals surface area contributed by atoms with Crippen LogP contribution in [0.3, 0.4) is 0 Å². The van der Waals surface area contributed by atoms with Crippen LogP contribution in [0.25, 0.3) is 0 Å². The van der Waals surface area contributed by atoms with Gasteiger partial charge in [0.05, 0.1) is 0 Å². The van der Waals surface area contributed by atoms with Gasteiger partial charge in [0.1, 0.15) is 0 Å². The third-order valence-electron chi connectivity index (χ3n) is 4.89. The van der Waals surface area contributed by atoms with Gasteiger partial charge in [0.15, 0.2) is 0 Å². The van der Waals surface area contributed by atoms with Crippen molar-refractivity contribution in [3.8, 4) is 0 Å². The fourth-order valence-corrected chi connectivity index (χ4v) is 3.52. The second kappa shape index (κ2) is 10.00. The molecule has 1 N–H and O–H groups in total. The Labute approximate surface area is 131 Å². The number of benzene rings is 1. The molecule has 1 atom stereocenters. The van der Waals surface area contributed by atoms with Crippen LogP contribution in [0.15, 0.2) is 30.3 Å². The van der Waals surface area contributed by atoms with Crippen molar-refractivity contribution in [3.05, 3.63) is 35.9 Å². The molecule has 2 rings (SSSR count). The first-order valence-corrected chi connectivity index (χ1v) is 9.17. The van der Waals surface area contributed by atoms with E-state index in [0.29, 0.717) is 12.1 Å². The van der Waals surface area contributed by atoms with Gasteiger partial charge in [0.25, 0.3) is 0 Å². The zero-order valence-corrected chi connectivity index (χ0v) is 13.8. The Balaban J connectivity index is 1.82. The molecule has 0 bridgehead atoms. The highest BCUT2D eigenvalue weighted by Gasteiger charge is 2.13. The molecule has 1 saturated carbocycles. The van der Waals surface area contributed by atoms with Crippen LogP contribution in [0, 0.1) is 0 Å². The highest BCUT2D eigenvalue weighted by atomic mass is 14.9. The molecule has 0 saturated heterocycles. The molecule has 1 heteroatoms.